The predicted octanol–water partition coefficient (Wildman–Crippen LogP) is 4.71. The lowest BCUT2D eigenvalue weighted by atomic mass is 9.96. The Morgan fingerprint density at radius 1 is 0.938 bits per heavy atom. The van der Waals surface area contributed by atoms with E-state index < -0.39 is 33.1 Å². The molecule has 1 amide bonds. The molecule has 1 atom stereocenters. The smallest absolute Gasteiger partial charge is 0.376 e. The molecular formula is C22H17ClF3NO4S. The average Bonchev–Trinajstić information content (AvgIpc) is 2.72. The number of nitrogens with two attached hydrogens (primary N) is 1. The normalized spacial score (nSPS) is 14.1. The zero-order valence-electron chi connectivity index (χ0n) is 16.5. The number of aliphatic hydroxyl groups is 1. The van der Waals surface area contributed by atoms with Gasteiger partial charge in [-0.05, 0) is 60.0 Å². The van der Waals surface area contributed by atoms with Crippen molar-refractivity contribution in [3.05, 3.63) is 82.9 Å². The number of primary amides is 1. The quantitative estimate of drug-likeness (QED) is 0.549. The van der Waals surface area contributed by atoms with E-state index in [1.807, 2.05) is 0 Å². The minimum absolute atomic E-state index is 0.0900. The summed E-state index contributed by atoms with van der Waals surface area (Å²) in [5, 5.41) is 9.65. The number of carbonyl (C=O) groups is 1. The minimum atomic E-state index is -4.93. The summed E-state index contributed by atoms with van der Waals surface area (Å²) in [6, 6.07) is 14.3. The lowest BCUT2D eigenvalue weighted by molar-refractivity contribution is -0.258. The molecule has 0 spiro atoms. The molecule has 0 bridgehead atoms. The highest BCUT2D eigenvalue weighted by Crippen LogP contribution is 2.39. The third kappa shape index (κ3) is 4.36. The number of rotatable bonds is 5. The van der Waals surface area contributed by atoms with Crippen LogP contribution in [-0.4, -0.2) is 25.6 Å². The van der Waals surface area contributed by atoms with Crippen molar-refractivity contribution in [1.29, 1.82) is 0 Å². The average molecular weight is 484 g/mol. The molecule has 10 heteroatoms. The van der Waals surface area contributed by atoms with Crippen LogP contribution >= 0.6 is 11.6 Å². The first kappa shape index (κ1) is 23.8. The lowest BCUT2D eigenvalue weighted by Crippen LogP contribution is -2.39. The van der Waals surface area contributed by atoms with Gasteiger partial charge in [0.15, 0.2) is 5.60 Å². The minimum Gasteiger partial charge on any atom is -0.376 e. The Kier molecular flexibility index (Phi) is 6.12. The van der Waals surface area contributed by atoms with E-state index in [1.165, 1.54) is 30.3 Å². The summed E-state index contributed by atoms with van der Waals surface area (Å²) in [5.41, 5.74) is 3.15. The maximum Gasteiger partial charge on any atom is 0.421 e. The molecule has 32 heavy (non-hydrogen) atoms. The van der Waals surface area contributed by atoms with Gasteiger partial charge in [0.05, 0.1) is 14.8 Å². The van der Waals surface area contributed by atoms with E-state index in [0.717, 1.165) is 24.3 Å². The molecule has 3 aromatic carbocycles. The number of hydrogen-bond acceptors (Lipinski definition) is 4. The fraction of sp³-hybridized carbons (Fsp3) is 0.136. The maximum atomic E-state index is 13.0. The van der Waals surface area contributed by atoms with Crippen LogP contribution in [0.4, 0.5) is 13.2 Å². The molecule has 1 unspecified atom stereocenters. The third-order valence-electron chi connectivity index (χ3n) is 5.00. The molecule has 0 saturated carbocycles. The van der Waals surface area contributed by atoms with Crippen molar-refractivity contribution >= 4 is 27.3 Å². The van der Waals surface area contributed by atoms with Gasteiger partial charge >= 0.3 is 6.18 Å². The third-order valence-corrected chi connectivity index (χ3v) is 7.26. The van der Waals surface area contributed by atoms with Crippen molar-refractivity contribution in [1.82, 2.24) is 0 Å². The first-order valence-electron chi connectivity index (χ1n) is 9.09. The van der Waals surface area contributed by atoms with E-state index in [9.17, 15) is 31.5 Å². The zero-order valence-corrected chi connectivity index (χ0v) is 18.1. The van der Waals surface area contributed by atoms with E-state index in [2.05, 4.69) is 0 Å². The monoisotopic (exact) mass is 483 g/mol. The van der Waals surface area contributed by atoms with Crippen molar-refractivity contribution in [2.45, 2.75) is 28.5 Å². The molecule has 0 aromatic heterocycles. The molecule has 168 valence electrons. The summed E-state index contributed by atoms with van der Waals surface area (Å²) in [4.78, 5) is 10.7. The van der Waals surface area contributed by atoms with Gasteiger partial charge in [-0.1, -0.05) is 41.9 Å². The summed E-state index contributed by atoms with van der Waals surface area (Å²) in [7, 11) is -4.14. The fourth-order valence-corrected chi connectivity index (χ4v) is 4.77. The van der Waals surface area contributed by atoms with E-state index in [4.69, 9.17) is 17.3 Å². The molecule has 3 N–H and O–H groups in total. The topological polar surface area (TPSA) is 97.5 Å². The van der Waals surface area contributed by atoms with Crippen molar-refractivity contribution < 1.29 is 31.5 Å². The van der Waals surface area contributed by atoms with Gasteiger partial charge in [-0.25, -0.2) is 8.42 Å². The van der Waals surface area contributed by atoms with Gasteiger partial charge in [0.25, 0.3) is 0 Å². The highest BCUT2D eigenvalue weighted by Gasteiger charge is 2.51. The fourth-order valence-electron chi connectivity index (χ4n) is 2.97. The SMILES string of the molecule is CC(O)(c1ccc(S(=O)(=O)c2ccc(-c3ccc(C(N)=O)cc3)cc2Cl)cc1)C(F)(F)F. The second-order valence-corrected chi connectivity index (χ2v) is 9.51. The van der Waals surface area contributed by atoms with E-state index in [-0.39, 0.29) is 14.8 Å². The Balaban J connectivity index is 1.94. The number of benzene rings is 3. The number of alkyl halides is 3. The van der Waals surface area contributed by atoms with Gasteiger partial charge in [-0.15, -0.1) is 0 Å². The van der Waals surface area contributed by atoms with Crippen molar-refractivity contribution in [3.63, 3.8) is 0 Å². The second kappa shape index (κ2) is 8.23. The van der Waals surface area contributed by atoms with E-state index in [0.29, 0.717) is 23.6 Å². The number of carbonyl (C=O) groups excluding carboxylic acids is 1. The highest BCUT2D eigenvalue weighted by molar-refractivity contribution is 7.91. The Morgan fingerprint density at radius 3 is 1.94 bits per heavy atom. The van der Waals surface area contributed by atoms with Gasteiger partial charge in [-0.2, -0.15) is 13.2 Å². The molecule has 3 rings (SSSR count). The van der Waals surface area contributed by atoms with Crippen LogP contribution < -0.4 is 5.73 Å². The molecule has 0 fully saturated rings. The molecule has 3 aromatic rings. The standard InChI is InChI=1S/C22H17ClF3NO4S/c1-21(29,22(24,25)26)16-7-9-17(10-8-16)32(30,31)19-11-6-15(12-18(19)23)13-2-4-14(5-3-13)20(27)28/h2-12,29H,1H3,(H2,27,28). The number of hydrogen-bond donors (Lipinski definition) is 2. The van der Waals surface area contributed by atoms with Crippen LogP contribution in [0, 0.1) is 0 Å². The van der Waals surface area contributed by atoms with Crippen LogP contribution in [0.15, 0.2) is 76.5 Å². The van der Waals surface area contributed by atoms with E-state index >= 15 is 0 Å². The van der Waals surface area contributed by atoms with Crippen LogP contribution in [0.5, 0.6) is 0 Å². The molecule has 0 aliphatic heterocycles. The van der Waals surface area contributed by atoms with Gasteiger partial charge in [-0.3, -0.25) is 4.79 Å². The number of sulfone groups is 1. The molecule has 0 aliphatic carbocycles. The molecule has 0 saturated heterocycles. The Hall–Kier alpha value is -2.88. The Bertz CT molecular complexity index is 1270. The van der Waals surface area contributed by atoms with Crippen LogP contribution in [-0.2, 0) is 15.4 Å². The number of amides is 1. The summed E-state index contributed by atoms with van der Waals surface area (Å²) >= 11 is 6.22. The van der Waals surface area contributed by atoms with Gasteiger partial charge in [0.1, 0.15) is 0 Å². The summed E-state index contributed by atoms with van der Waals surface area (Å²) in [6.07, 6.45) is -4.93. The van der Waals surface area contributed by atoms with Crippen LogP contribution in [0.3, 0.4) is 0 Å². The maximum absolute atomic E-state index is 13.0. The number of halogens is 4. The van der Waals surface area contributed by atoms with Gasteiger partial charge < -0.3 is 10.8 Å². The van der Waals surface area contributed by atoms with Crippen LogP contribution in [0.25, 0.3) is 11.1 Å². The van der Waals surface area contributed by atoms with E-state index in [1.54, 1.807) is 12.1 Å². The predicted molar refractivity (Wildman–Crippen MR) is 113 cm³/mol. The molecular weight excluding hydrogens is 467 g/mol. The first-order chi connectivity index (χ1) is 14.7. The molecule has 0 aliphatic rings. The lowest BCUT2D eigenvalue weighted by Gasteiger charge is -2.26. The Morgan fingerprint density at radius 2 is 1.47 bits per heavy atom. The Labute approximate surface area is 187 Å². The van der Waals surface area contributed by atoms with Crippen LogP contribution in [0.2, 0.25) is 5.02 Å². The molecule has 5 nitrogen and oxygen atoms in total. The van der Waals surface area contributed by atoms with Crippen molar-refractivity contribution in [2.75, 3.05) is 0 Å². The summed E-state index contributed by atoms with van der Waals surface area (Å²) in [5.74, 6) is -0.584. The second-order valence-electron chi connectivity index (χ2n) is 7.18. The van der Waals surface area contributed by atoms with Gasteiger partial charge in [0.2, 0.25) is 15.7 Å². The first-order valence-corrected chi connectivity index (χ1v) is 11.0. The van der Waals surface area contributed by atoms with Crippen molar-refractivity contribution in [2.24, 2.45) is 5.73 Å². The van der Waals surface area contributed by atoms with Crippen LogP contribution in [0.1, 0.15) is 22.8 Å². The largest absolute Gasteiger partial charge is 0.421 e. The summed E-state index contributed by atoms with van der Waals surface area (Å²) < 4.78 is 64.9. The summed E-state index contributed by atoms with van der Waals surface area (Å²) in [6.45, 7) is 0.585. The molecule has 0 heterocycles. The zero-order chi connectivity index (χ0) is 23.9. The van der Waals surface area contributed by atoms with Crippen molar-refractivity contribution in [3.8, 4) is 11.1 Å². The highest BCUT2D eigenvalue weighted by atomic mass is 35.5. The van der Waals surface area contributed by atoms with Gasteiger partial charge in [0, 0.05) is 5.56 Å². The molecule has 0 radical (unpaired) electrons.